The van der Waals surface area contributed by atoms with Crippen molar-refractivity contribution in [1.82, 2.24) is 0 Å². The van der Waals surface area contributed by atoms with E-state index in [4.69, 9.17) is 0 Å². The summed E-state index contributed by atoms with van der Waals surface area (Å²) in [6.45, 7) is 4.06. The Bertz CT molecular complexity index is 120. The number of thiol groups is 2. The van der Waals surface area contributed by atoms with Crippen molar-refractivity contribution in [2.24, 2.45) is 0 Å². The summed E-state index contributed by atoms with van der Waals surface area (Å²) >= 11 is 8.46. The molecule has 0 aromatic carbocycles. The summed E-state index contributed by atoms with van der Waals surface area (Å²) in [7, 11) is -0.659. The van der Waals surface area contributed by atoms with Gasteiger partial charge in [0.05, 0.1) is 0 Å². The third kappa shape index (κ3) is 8.94. The highest BCUT2D eigenvalue weighted by molar-refractivity contribution is 7.85. The molecule has 0 aliphatic rings. The summed E-state index contributed by atoms with van der Waals surface area (Å²) in [6.07, 6.45) is 1.88. The van der Waals surface area contributed by atoms with Gasteiger partial charge in [0.1, 0.15) is 0 Å². The summed E-state index contributed by atoms with van der Waals surface area (Å²) in [5.74, 6) is 1.57. The van der Waals surface area contributed by atoms with E-state index in [2.05, 4.69) is 25.3 Å². The maximum Gasteiger partial charge on any atom is 0.0245 e. The van der Waals surface area contributed by atoms with E-state index in [1.807, 2.05) is 13.8 Å². The van der Waals surface area contributed by atoms with Gasteiger partial charge in [0.2, 0.25) is 0 Å². The lowest BCUT2D eigenvalue weighted by molar-refractivity contribution is 0.677. The van der Waals surface area contributed by atoms with Crippen LogP contribution in [0.25, 0.3) is 0 Å². The fourth-order valence-corrected chi connectivity index (χ4v) is 2.75. The van der Waals surface area contributed by atoms with Gasteiger partial charge in [0.15, 0.2) is 0 Å². The van der Waals surface area contributed by atoms with E-state index in [0.29, 0.717) is 10.5 Å². The van der Waals surface area contributed by atoms with E-state index >= 15 is 0 Å². The second-order valence-corrected chi connectivity index (χ2v) is 6.58. The van der Waals surface area contributed by atoms with E-state index in [1.54, 1.807) is 0 Å². The first kappa shape index (κ1) is 12.8. The quantitative estimate of drug-likeness (QED) is 0.664. The molecule has 0 heterocycles. The Morgan fingerprint density at radius 2 is 1.42 bits per heavy atom. The van der Waals surface area contributed by atoms with Crippen molar-refractivity contribution >= 4 is 36.1 Å². The Kier molecular flexibility index (Phi) is 7.79. The minimum Gasteiger partial charge on any atom is -0.260 e. The van der Waals surface area contributed by atoms with E-state index < -0.39 is 10.8 Å². The Labute approximate surface area is 89.0 Å². The summed E-state index contributed by atoms with van der Waals surface area (Å²) in [6, 6.07) is 0. The number of hydrogen-bond acceptors (Lipinski definition) is 3. The highest BCUT2D eigenvalue weighted by Crippen LogP contribution is 2.04. The van der Waals surface area contributed by atoms with Gasteiger partial charge in [-0.3, -0.25) is 4.21 Å². The molecular formula is C8H18OS3. The molecule has 0 fully saturated rings. The molecule has 12 heavy (non-hydrogen) atoms. The Morgan fingerprint density at radius 1 is 1.08 bits per heavy atom. The first-order valence-corrected chi connectivity index (χ1v) is 6.75. The number of hydrogen-bond donors (Lipinski definition) is 2. The first-order valence-electron chi connectivity index (χ1n) is 4.23. The summed E-state index contributed by atoms with van der Waals surface area (Å²) < 4.78 is 11.3. The third-order valence-electron chi connectivity index (χ3n) is 1.53. The molecule has 0 aromatic heterocycles. The van der Waals surface area contributed by atoms with Crippen molar-refractivity contribution in [3.05, 3.63) is 0 Å². The van der Waals surface area contributed by atoms with E-state index in [0.717, 1.165) is 24.3 Å². The zero-order chi connectivity index (χ0) is 9.56. The molecule has 0 aromatic rings. The topological polar surface area (TPSA) is 17.1 Å². The molecule has 0 aliphatic carbocycles. The maximum absolute atomic E-state index is 11.3. The Morgan fingerprint density at radius 3 is 1.67 bits per heavy atom. The van der Waals surface area contributed by atoms with E-state index in [-0.39, 0.29) is 0 Å². The van der Waals surface area contributed by atoms with Crippen LogP contribution in [-0.2, 0) is 10.8 Å². The van der Waals surface area contributed by atoms with Crippen LogP contribution in [0.3, 0.4) is 0 Å². The minimum absolute atomic E-state index is 0.363. The van der Waals surface area contributed by atoms with Crippen LogP contribution in [0.4, 0.5) is 0 Å². The predicted octanol–water partition coefficient (Wildman–Crippen LogP) is 2.15. The minimum atomic E-state index is -0.659. The largest absolute Gasteiger partial charge is 0.260 e. The summed E-state index contributed by atoms with van der Waals surface area (Å²) in [4.78, 5) is 0. The van der Waals surface area contributed by atoms with Gasteiger partial charge < -0.3 is 0 Å². The highest BCUT2D eigenvalue weighted by Gasteiger charge is 2.03. The van der Waals surface area contributed by atoms with Gasteiger partial charge in [-0.1, -0.05) is 13.8 Å². The fourth-order valence-electron chi connectivity index (χ4n) is 0.706. The van der Waals surface area contributed by atoms with Crippen LogP contribution in [0.1, 0.15) is 26.7 Å². The maximum atomic E-state index is 11.3. The molecule has 0 amide bonds. The third-order valence-corrected chi connectivity index (χ3v) is 3.43. The van der Waals surface area contributed by atoms with Crippen LogP contribution < -0.4 is 0 Å². The van der Waals surface area contributed by atoms with Crippen LogP contribution >= 0.6 is 25.3 Å². The van der Waals surface area contributed by atoms with Crippen LogP contribution in [-0.4, -0.2) is 26.2 Å². The van der Waals surface area contributed by atoms with Crippen molar-refractivity contribution in [2.45, 2.75) is 37.2 Å². The lowest BCUT2D eigenvalue weighted by Gasteiger charge is -2.05. The molecule has 0 aliphatic heterocycles. The number of rotatable bonds is 6. The highest BCUT2D eigenvalue weighted by atomic mass is 32.2. The van der Waals surface area contributed by atoms with Crippen LogP contribution in [0.5, 0.6) is 0 Å². The molecule has 1 nitrogen and oxygen atoms in total. The second kappa shape index (κ2) is 7.27. The lowest BCUT2D eigenvalue weighted by atomic mass is 10.4. The van der Waals surface area contributed by atoms with Crippen molar-refractivity contribution in [3.63, 3.8) is 0 Å². The SMILES string of the molecule is CC(S)CCS(=O)CCC(C)S. The van der Waals surface area contributed by atoms with Crippen LogP contribution in [0.15, 0.2) is 0 Å². The standard InChI is InChI=1S/C8H18OS3/c1-7(10)3-5-12(9)6-4-8(2)11/h7-8,10-11H,3-6H2,1-2H3. The Hall–Kier alpha value is 0.850. The molecule has 2 atom stereocenters. The lowest BCUT2D eigenvalue weighted by Crippen LogP contribution is -2.09. The average Bonchev–Trinajstić information content (AvgIpc) is 1.96. The molecule has 0 radical (unpaired) electrons. The van der Waals surface area contributed by atoms with Gasteiger partial charge in [-0.25, -0.2) is 0 Å². The second-order valence-electron chi connectivity index (χ2n) is 3.12. The molecule has 74 valence electrons. The van der Waals surface area contributed by atoms with Crippen molar-refractivity contribution < 1.29 is 4.21 Å². The molecule has 4 heteroatoms. The zero-order valence-corrected chi connectivity index (χ0v) is 10.3. The molecule has 0 spiro atoms. The molecule has 0 N–H and O–H groups in total. The van der Waals surface area contributed by atoms with Crippen LogP contribution in [0.2, 0.25) is 0 Å². The molecule has 0 rings (SSSR count). The zero-order valence-electron chi connectivity index (χ0n) is 7.69. The normalized spacial score (nSPS) is 18.7. The van der Waals surface area contributed by atoms with E-state index in [1.165, 1.54) is 0 Å². The van der Waals surface area contributed by atoms with Gasteiger partial charge >= 0.3 is 0 Å². The van der Waals surface area contributed by atoms with Gasteiger partial charge in [0, 0.05) is 22.3 Å². The molecular weight excluding hydrogens is 208 g/mol. The van der Waals surface area contributed by atoms with Crippen molar-refractivity contribution in [1.29, 1.82) is 0 Å². The van der Waals surface area contributed by atoms with Crippen molar-refractivity contribution in [3.8, 4) is 0 Å². The van der Waals surface area contributed by atoms with Gasteiger partial charge in [-0.2, -0.15) is 25.3 Å². The van der Waals surface area contributed by atoms with Crippen molar-refractivity contribution in [2.75, 3.05) is 11.5 Å². The fraction of sp³-hybridized carbons (Fsp3) is 1.00. The van der Waals surface area contributed by atoms with Gasteiger partial charge in [0.25, 0.3) is 0 Å². The van der Waals surface area contributed by atoms with Crippen LogP contribution in [0, 0.1) is 0 Å². The predicted molar refractivity (Wildman–Crippen MR) is 64.0 cm³/mol. The first-order chi connectivity index (χ1) is 5.52. The molecule has 0 saturated heterocycles. The smallest absolute Gasteiger partial charge is 0.0245 e. The molecule has 0 saturated carbocycles. The summed E-state index contributed by atoms with van der Waals surface area (Å²) in [5, 5.41) is 0.727. The summed E-state index contributed by atoms with van der Waals surface area (Å²) in [5.41, 5.74) is 0. The van der Waals surface area contributed by atoms with Gasteiger partial charge in [-0.15, -0.1) is 0 Å². The monoisotopic (exact) mass is 226 g/mol. The molecule has 2 unspecified atom stereocenters. The Balaban J connectivity index is 3.34. The van der Waals surface area contributed by atoms with Gasteiger partial charge in [-0.05, 0) is 23.3 Å². The average molecular weight is 226 g/mol. The van der Waals surface area contributed by atoms with E-state index in [9.17, 15) is 4.21 Å². The molecule has 0 bridgehead atoms.